The van der Waals surface area contributed by atoms with Crippen LogP contribution in [-0.4, -0.2) is 28.4 Å². The Morgan fingerprint density at radius 1 is 1.55 bits per heavy atom. The highest BCUT2D eigenvalue weighted by atomic mass is 16.6. The zero-order valence-electron chi connectivity index (χ0n) is 10.6. The van der Waals surface area contributed by atoms with E-state index in [1.165, 1.54) is 12.1 Å². The van der Waals surface area contributed by atoms with E-state index in [-0.39, 0.29) is 23.7 Å². The van der Waals surface area contributed by atoms with Gasteiger partial charge in [0.2, 0.25) is 11.6 Å². The van der Waals surface area contributed by atoms with Crippen molar-refractivity contribution in [2.45, 2.75) is 25.3 Å². The van der Waals surface area contributed by atoms with Crippen molar-refractivity contribution in [3.8, 4) is 6.07 Å². The molecule has 0 unspecified atom stereocenters. The molecule has 1 saturated carbocycles. The van der Waals surface area contributed by atoms with Crippen LogP contribution in [0.2, 0.25) is 0 Å². The molecule has 8 nitrogen and oxygen atoms in total. The first-order valence-electron chi connectivity index (χ1n) is 6.19. The second-order valence-corrected chi connectivity index (χ2v) is 4.45. The number of aromatic nitrogens is 1. The Bertz CT molecular complexity index is 577. The Morgan fingerprint density at radius 3 is 2.90 bits per heavy atom. The topological polar surface area (TPSA) is 121 Å². The summed E-state index contributed by atoms with van der Waals surface area (Å²) < 4.78 is 0. The van der Waals surface area contributed by atoms with Gasteiger partial charge in [-0.25, -0.2) is 4.98 Å². The Hall–Kier alpha value is -2.69. The average Bonchev–Trinajstić information content (AvgIpc) is 3.22. The minimum absolute atomic E-state index is 0.0394. The molecule has 0 atom stereocenters. The minimum atomic E-state index is -0.654. The number of hydrogen-bond donors (Lipinski definition) is 2. The van der Waals surface area contributed by atoms with Gasteiger partial charge in [-0.05, 0) is 18.9 Å². The molecule has 0 aromatic carbocycles. The SMILES string of the molecule is N#Cc1nc(NCCC(=O)NC2CC2)ccc1[N+](=O)[O-]. The lowest BCUT2D eigenvalue weighted by Crippen LogP contribution is -2.27. The molecule has 20 heavy (non-hydrogen) atoms. The van der Waals surface area contributed by atoms with E-state index in [0.717, 1.165) is 12.8 Å². The molecule has 1 fully saturated rings. The fourth-order valence-corrected chi connectivity index (χ4v) is 1.61. The van der Waals surface area contributed by atoms with Gasteiger partial charge in [-0.2, -0.15) is 5.26 Å². The number of carbonyl (C=O) groups excluding carboxylic acids is 1. The van der Waals surface area contributed by atoms with Crippen LogP contribution in [0.1, 0.15) is 25.0 Å². The van der Waals surface area contributed by atoms with Crippen LogP contribution in [0.4, 0.5) is 11.5 Å². The smallest absolute Gasteiger partial charge is 0.305 e. The third kappa shape index (κ3) is 3.65. The summed E-state index contributed by atoms with van der Waals surface area (Å²) in [5, 5.41) is 25.2. The monoisotopic (exact) mass is 275 g/mol. The molecule has 0 radical (unpaired) electrons. The molecule has 1 heterocycles. The van der Waals surface area contributed by atoms with E-state index in [1.807, 2.05) is 0 Å². The molecule has 2 rings (SSSR count). The maximum absolute atomic E-state index is 11.4. The number of amides is 1. The van der Waals surface area contributed by atoms with Gasteiger partial charge in [0, 0.05) is 25.1 Å². The van der Waals surface area contributed by atoms with Crippen LogP contribution in [0, 0.1) is 21.4 Å². The molecular formula is C12H13N5O3. The first kappa shape index (κ1) is 13.7. The molecule has 0 bridgehead atoms. The Labute approximate surface area is 115 Å². The zero-order valence-corrected chi connectivity index (χ0v) is 10.6. The molecule has 0 saturated heterocycles. The van der Waals surface area contributed by atoms with Crippen molar-refractivity contribution in [1.82, 2.24) is 10.3 Å². The molecular weight excluding hydrogens is 262 g/mol. The van der Waals surface area contributed by atoms with Crippen LogP contribution in [0.5, 0.6) is 0 Å². The van der Waals surface area contributed by atoms with Crippen LogP contribution >= 0.6 is 0 Å². The Kier molecular flexibility index (Phi) is 4.10. The predicted octanol–water partition coefficient (Wildman–Crippen LogP) is 0.942. The van der Waals surface area contributed by atoms with E-state index < -0.39 is 4.92 Å². The number of nitrogens with zero attached hydrogens (tertiary/aromatic N) is 3. The van der Waals surface area contributed by atoms with Crippen molar-refractivity contribution in [3.63, 3.8) is 0 Å². The van der Waals surface area contributed by atoms with Gasteiger partial charge >= 0.3 is 5.69 Å². The van der Waals surface area contributed by atoms with Gasteiger partial charge in [-0.15, -0.1) is 0 Å². The van der Waals surface area contributed by atoms with Crippen molar-refractivity contribution >= 4 is 17.4 Å². The van der Waals surface area contributed by atoms with E-state index in [0.29, 0.717) is 18.4 Å². The van der Waals surface area contributed by atoms with Crippen molar-refractivity contribution in [2.24, 2.45) is 0 Å². The molecule has 2 N–H and O–H groups in total. The molecule has 1 amide bonds. The maximum Gasteiger partial charge on any atom is 0.305 e. The predicted molar refractivity (Wildman–Crippen MR) is 69.9 cm³/mol. The number of nitro groups is 1. The van der Waals surface area contributed by atoms with E-state index in [4.69, 9.17) is 5.26 Å². The molecule has 1 aliphatic rings. The number of pyridine rings is 1. The third-order valence-electron chi connectivity index (χ3n) is 2.78. The second-order valence-electron chi connectivity index (χ2n) is 4.45. The van der Waals surface area contributed by atoms with E-state index in [9.17, 15) is 14.9 Å². The lowest BCUT2D eigenvalue weighted by atomic mass is 10.3. The van der Waals surface area contributed by atoms with Crippen molar-refractivity contribution in [2.75, 3.05) is 11.9 Å². The molecule has 1 aliphatic carbocycles. The Morgan fingerprint density at radius 2 is 2.30 bits per heavy atom. The standard InChI is InChI=1S/C12H13N5O3/c13-7-9-10(17(19)20)3-4-11(16-9)14-6-5-12(18)15-8-1-2-8/h3-4,8H,1-2,5-6H2,(H,14,16)(H,15,18). The second kappa shape index (κ2) is 5.97. The zero-order chi connectivity index (χ0) is 14.5. The molecule has 0 spiro atoms. The normalized spacial score (nSPS) is 13.3. The fraction of sp³-hybridized carbons (Fsp3) is 0.417. The molecule has 8 heteroatoms. The summed E-state index contributed by atoms with van der Waals surface area (Å²) in [6.07, 6.45) is 2.36. The Balaban J connectivity index is 1.88. The van der Waals surface area contributed by atoms with Gasteiger partial charge in [0.15, 0.2) is 0 Å². The van der Waals surface area contributed by atoms with Crippen molar-refractivity contribution in [3.05, 3.63) is 27.9 Å². The molecule has 104 valence electrons. The van der Waals surface area contributed by atoms with E-state index in [2.05, 4.69) is 15.6 Å². The maximum atomic E-state index is 11.4. The largest absolute Gasteiger partial charge is 0.370 e. The summed E-state index contributed by atoms with van der Waals surface area (Å²) in [6.45, 7) is 0.355. The number of hydrogen-bond acceptors (Lipinski definition) is 6. The van der Waals surface area contributed by atoms with Crippen LogP contribution in [0.25, 0.3) is 0 Å². The quantitative estimate of drug-likeness (QED) is 0.588. The van der Waals surface area contributed by atoms with E-state index in [1.54, 1.807) is 6.07 Å². The summed E-state index contributed by atoms with van der Waals surface area (Å²) in [6, 6.07) is 4.64. The minimum Gasteiger partial charge on any atom is -0.370 e. The summed E-state index contributed by atoms with van der Waals surface area (Å²) in [7, 11) is 0. The van der Waals surface area contributed by atoms with Crippen LogP contribution in [-0.2, 0) is 4.79 Å². The van der Waals surface area contributed by atoms with Gasteiger partial charge in [0.05, 0.1) is 4.92 Å². The average molecular weight is 275 g/mol. The van der Waals surface area contributed by atoms with Gasteiger partial charge in [0.25, 0.3) is 0 Å². The van der Waals surface area contributed by atoms with Crippen LogP contribution in [0.3, 0.4) is 0 Å². The van der Waals surface area contributed by atoms with Crippen molar-refractivity contribution < 1.29 is 9.72 Å². The first-order chi connectivity index (χ1) is 9.60. The highest BCUT2D eigenvalue weighted by molar-refractivity contribution is 5.77. The first-order valence-corrected chi connectivity index (χ1v) is 6.19. The molecule has 1 aromatic heterocycles. The lowest BCUT2D eigenvalue weighted by Gasteiger charge is -2.06. The van der Waals surface area contributed by atoms with Gasteiger partial charge < -0.3 is 10.6 Å². The number of nitrogens with one attached hydrogen (secondary N) is 2. The van der Waals surface area contributed by atoms with E-state index >= 15 is 0 Å². The van der Waals surface area contributed by atoms with Crippen LogP contribution in [0.15, 0.2) is 12.1 Å². The molecule has 1 aromatic rings. The number of nitriles is 1. The van der Waals surface area contributed by atoms with Gasteiger partial charge in [-0.1, -0.05) is 0 Å². The highest BCUT2D eigenvalue weighted by Crippen LogP contribution is 2.19. The summed E-state index contributed by atoms with van der Waals surface area (Å²) in [5.41, 5.74) is -0.577. The summed E-state index contributed by atoms with van der Waals surface area (Å²) in [5.74, 6) is 0.300. The van der Waals surface area contributed by atoms with Crippen LogP contribution < -0.4 is 10.6 Å². The van der Waals surface area contributed by atoms with Gasteiger partial charge in [0.1, 0.15) is 11.9 Å². The fourth-order valence-electron chi connectivity index (χ4n) is 1.61. The number of rotatable bonds is 6. The highest BCUT2D eigenvalue weighted by Gasteiger charge is 2.22. The third-order valence-corrected chi connectivity index (χ3v) is 2.78. The lowest BCUT2D eigenvalue weighted by molar-refractivity contribution is -0.385. The summed E-state index contributed by atoms with van der Waals surface area (Å²) in [4.78, 5) is 25.3. The summed E-state index contributed by atoms with van der Waals surface area (Å²) >= 11 is 0. The number of carbonyl (C=O) groups is 1. The molecule has 0 aliphatic heterocycles. The number of anilines is 1. The van der Waals surface area contributed by atoms with Crippen molar-refractivity contribution in [1.29, 1.82) is 5.26 Å². The van der Waals surface area contributed by atoms with Gasteiger partial charge in [-0.3, -0.25) is 14.9 Å².